The summed E-state index contributed by atoms with van der Waals surface area (Å²) in [5.41, 5.74) is 1.55. The van der Waals surface area contributed by atoms with E-state index in [0.717, 1.165) is 12.0 Å². The van der Waals surface area contributed by atoms with Crippen molar-refractivity contribution >= 4 is 23.5 Å². The molecule has 4 amide bonds. The average Bonchev–Trinajstić information content (AvgIpc) is 3.35. The summed E-state index contributed by atoms with van der Waals surface area (Å²) >= 11 is 0. The number of rotatable bonds is 5. The molecule has 4 rings (SSSR count). The second kappa shape index (κ2) is 6.83. The Morgan fingerprint density at radius 1 is 1.04 bits per heavy atom. The molecule has 27 heavy (non-hydrogen) atoms. The summed E-state index contributed by atoms with van der Waals surface area (Å²) in [7, 11) is 0. The van der Waals surface area contributed by atoms with Crippen LogP contribution in [0.3, 0.4) is 0 Å². The standard InChI is InChI=1S/C21H25N3O3/c1-3-23(4-2)21(27)22-12-13-5-9-16(10-6-13)24-19(25)17-14-7-8-15(11-14)18(17)20(24)26/h5-10,14-15,17-18H,3-4,11-12H2,1-2H3,(H,22,27). The zero-order chi connectivity index (χ0) is 19.1. The molecule has 1 aromatic carbocycles. The van der Waals surface area contributed by atoms with Gasteiger partial charge in [-0.1, -0.05) is 24.3 Å². The summed E-state index contributed by atoms with van der Waals surface area (Å²) in [6, 6.07) is 7.22. The molecule has 2 bridgehead atoms. The lowest BCUT2D eigenvalue weighted by Crippen LogP contribution is -2.39. The molecule has 4 atom stereocenters. The summed E-state index contributed by atoms with van der Waals surface area (Å²) in [6.45, 7) is 5.63. The van der Waals surface area contributed by atoms with Crippen molar-refractivity contribution in [3.63, 3.8) is 0 Å². The lowest BCUT2D eigenvalue weighted by Gasteiger charge is -2.20. The molecule has 2 fully saturated rings. The van der Waals surface area contributed by atoms with Gasteiger partial charge in [0.25, 0.3) is 0 Å². The molecule has 6 heteroatoms. The predicted octanol–water partition coefficient (Wildman–Crippen LogP) is 2.55. The first-order valence-corrected chi connectivity index (χ1v) is 9.73. The molecule has 1 N–H and O–H groups in total. The Morgan fingerprint density at radius 2 is 1.59 bits per heavy atom. The largest absolute Gasteiger partial charge is 0.334 e. The number of carbonyl (C=O) groups excluding carboxylic acids is 3. The molecule has 1 aromatic rings. The van der Waals surface area contributed by atoms with Gasteiger partial charge in [-0.2, -0.15) is 0 Å². The van der Waals surface area contributed by atoms with E-state index in [2.05, 4.69) is 17.5 Å². The summed E-state index contributed by atoms with van der Waals surface area (Å²) in [4.78, 5) is 40.8. The Kier molecular flexibility index (Phi) is 4.50. The quantitative estimate of drug-likeness (QED) is 0.642. The molecular formula is C21H25N3O3. The molecule has 1 saturated carbocycles. The highest BCUT2D eigenvalue weighted by Gasteiger charge is 2.59. The minimum Gasteiger partial charge on any atom is -0.334 e. The molecule has 0 radical (unpaired) electrons. The van der Waals surface area contributed by atoms with Crippen LogP contribution in [0.15, 0.2) is 36.4 Å². The number of amides is 4. The van der Waals surface area contributed by atoms with Crippen molar-refractivity contribution in [2.24, 2.45) is 23.7 Å². The van der Waals surface area contributed by atoms with Gasteiger partial charge in [-0.3, -0.25) is 14.5 Å². The number of hydrogen-bond donors (Lipinski definition) is 1. The molecule has 1 saturated heterocycles. The molecule has 4 unspecified atom stereocenters. The highest BCUT2D eigenvalue weighted by atomic mass is 16.2. The minimum atomic E-state index is -0.180. The van der Waals surface area contributed by atoms with Crippen molar-refractivity contribution in [1.29, 1.82) is 0 Å². The molecule has 3 aliphatic rings. The number of hydrogen-bond acceptors (Lipinski definition) is 3. The summed E-state index contributed by atoms with van der Waals surface area (Å²) in [5.74, 6) is -0.0537. The lowest BCUT2D eigenvalue weighted by atomic mass is 9.85. The van der Waals surface area contributed by atoms with E-state index >= 15 is 0 Å². The monoisotopic (exact) mass is 367 g/mol. The highest BCUT2D eigenvalue weighted by molar-refractivity contribution is 6.22. The summed E-state index contributed by atoms with van der Waals surface area (Å²) in [5, 5.41) is 2.89. The van der Waals surface area contributed by atoms with Gasteiger partial charge in [0.05, 0.1) is 17.5 Å². The van der Waals surface area contributed by atoms with E-state index in [1.54, 1.807) is 17.0 Å². The van der Waals surface area contributed by atoms with Gasteiger partial charge < -0.3 is 10.2 Å². The molecule has 142 valence electrons. The number of carbonyl (C=O) groups is 3. The van der Waals surface area contributed by atoms with E-state index < -0.39 is 0 Å². The summed E-state index contributed by atoms with van der Waals surface area (Å²) < 4.78 is 0. The van der Waals surface area contributed by atoms with Crippen LogP contribution in [0.2, 0.25) is 0 Å². The number of nitrogens with zero attached hydrogens (tertiary/aromatic N) is 2. The lowest BCUT2D eigenvalue weighted by molar-refractivity contribution is -0.123. The fraction of sp³-hybridized carbons (Fsp3) is 0.476. The Hall–Kier alpha value is -2.63. The molecule has 0 aromatic heterocycles. The minimum absolute atomic E-state index is 0.0653. The number of anilines is 1. The Balaban J connectivity index is 1.43. The van der Waals surface area contributed by atoms with Crippen molar-refractivity contribution in [2.75, 3.05) is 18.0 Å². The normalized spacial score (nSPS) is 28.0. The predicted molar refractivity (Wildman–Crippen MR) is 102 cm³/mol. The highest BCUT2D eigenvalue weighted by Crippen LogP contribution is 2.53. The van der Waals surface area contributed by atoms with Crippen molar-refractivity contribution in [3.05, 3.63) is 42.0 Å². The first-order valence-electron chi connectivity index (χ1n) is 9.73. The van der Waals surface area contributed by atoms with Crippen LogP contribution in [0.5, 0.6) is 0 Å². The zero-order valence-electron chi connectivity index (χ0n) is 15.7. The number of benzene rings is 1. The number of nitrogens with one attached hydrogen (secondary N) is 1. The maximum atomic E-state index is 12.8. The number of fused-ring (bicyclic) bond motifs is 5. The van der Waals surface area contributed by atoms with Gasteiger partial charge in [0.1, 0.15) is 0 Å². The van der Waals surface area contributed by atoms with Gasteiger partial charge in [0, 0.05) is 19.6 Å². The smallest absolute Gasteiger partial charge is 0.317 e. The number of urea groups is 1. The van der Waals surface area contributed by atoms with Crippen molar-refractivity contribution in [1.82, 2.24) is 10.2 Å². The first-order chi connectivity index (χ1) is 13.0. The average molecular weight is 367 g/mol. The van der Waals surface area contributed by atoms with Gasteiger partial charge in [0.2, 0.25) is 11.8 Å². The van der Waals surface area contributed by atoms with Crippen LogP contribution < -0.4 is 10.2 Å². The van der Waals surface area contributed by atoms with Gasteiger partial charge >= 0.3 is 6.03 Å². The van der Waals surface area contributed by atoms with Crippen molar-refractivity contribution < 1.29 is 14.4 Å². The summed E-state index contributed by atoms with van der Waals surface area (Å²) in [6.07, 6.45) is 5.14. The zero-order valence-corrected chi connectivity index (χ0v) is 15.7. The van der Waals surface area contributed by atoms with E-state index in [-0.39, 0.29) is 41.5 Å². The van der Waals surface area contributed by atoms with Gasteiger partial charge in [0.15, 0.2) is 0 Å². The fourth-order valence-electron chi connectivity index (χ4n) is 4.72. The molecule has 0 spiro atoms. The van der Waals surface area contributed by atoms with Crippen molar-refractivity contribution in [2.45, 2.75) is 26.8 Å². The van der Waals surface area contributed by atoms with Crippen LogP contribution >= 0.6 is 0 Å². The molecular weight excluding hydrogens is 342 g/mol. The van der Waals surface area contributed by atoms with Crippen LogP contribution in [-0.2, 0) is 16.1 Å². The van der Waals surface area contributed by atoms with Crippen molar-refractivity contribution in [3.8, 4) is 0 Å². The van der Waals surface area contributed by atoms with Crippen LogP contribution in [0, 0.1) is 23.7 Å². The van der Waals surface area contributed by atoms with Gasteiger partial charge in [-0.15, -0.1) is 0 Å². The third-order valence-corrected chi connectivity index (χ3v) is 6.16. The molecule has 1 aliphatic heterocycles. The Morgan fingerprint density at radius 3 is 2.11 bits per heavy atom. The molecule has 1 heterocycles. The van der Waals surface area contributed by atoms with Crippen LogP contribution in [0.25, 0.3) is 0 Å². The number of imide groups is 1. The van der Waals surface area contributed by atoms with E-state index in [4.69, 9.17) is 0 Å². The maximum absolute atomic E-state index is 12.8. The number of allylic oxidation sites excluding steroid dienone is 2. The van der Waals surface area contributed by atoms with E-state index in [0.29, 0.717) is 25.3 Å². The molecule has 6 nitrogen and oxygen atoms in total. The maximum Gasteiger partial charge on any atom is 0.317 e. The van der Waals surface area contributed by atoms with Gasteiger partial charge in [-0.25, -0.2) is 4.79 Å². The van der Waals surface area contributed by atoms with Crippen LogP contribution in [0.4, 0.5) is 10.5 Å². The second-order valence-electron chi connectivity index (χ2n) is 7.51. The third-order valence-electron chi connectivity index (χ3n) is 6.16. The molecule has 2 aliphatic carbocycles. The Bertz CT molecular complexity index is 767. The first kappa shape index (κ1) is 17.8. The topological polar surface area (TPSA) is 69.7 Å². The Labute approximate surface area is 159 Å². The van der Waals surface area contributed by atoms with E-state index in [1.165, 1.54) is 4.90 Å². The SMILES string of the molecule is CCN(CC)C(=O)NCc1ccc(N2C(=O)C3C4C=CC(C4)C3C2=O)cc1. The van der Waals surface area contributed by atoms with Crippen LogP contribution in [0.1, 0.15) is 25.8 Å². The third kappa shape index (κ3) is 2.83. The van der Waals surface area contributed by atoms with E-state index in [1.807, 2.05) is 26.0 Å². The van der Waals surface area contributed by atoms with Crippen LogP contribution in [-0.4, -0.2) is 35.8 Å². The van der Waals surface area contributed by atoms with E-state index in [9.17, 15) is 14.4 Å². The fourth-order valence-corrected chi connectivity index (χ4v) is 4.72. The van der Waals surface area contributed by atoms with Gasteiger partial charge in [-0.05, 0) is 49.8 Å². The second-order valence-corrected chi connectivity index (χ2v) is 7.51.